The van der Waals surface area contributed by atoms with Gasteiger partial charge in [0.15, 0.2) is 12.1 Å². The lowest BCUT2D eigenvalue weighted by Crippen LogP contribution is -2.23. The maximum atomic E-state index is 11.8. The standard InChI is InChI=1S/C24H48O.C3H3FO/c1-4-7-10-11-12-13-14-15-16-17-18-19-22-24(23-25,20-8-5-2)21-9-6-3;1-3(4)2-5/h23H,4-22H2,1-3H3;2H,1H2. The lowest BCUT2D eigenvalue weighted by Gasteiger charge is -2.28. The zero-order valence-electron chi connectivity index (χ0n) is 20.5. The predicted octanol–water partition coefficient (Wildman–Crippen LogP) is 9.31. The molecule has 0 spiro atoms. The Morgan fingerprint density at radius 2 is 0.933 bits per heavy atom. The smallest absolute Gasteiger partial charge is 0.177 e. The van der Waals surface area contributed by atoms with Gasteiger partial charge in [0, 0.05) is 5.41 Å². The third-order valence-electron chi connectivity index (χ3n) is 5.96. The van der Waals surface area contributed by atoms with Gasteiger partial charge < -0.3 is 4.79 Å². The molecule has 2 nitrogen and oxygen atoms in total. The Hall–Kier alpha value is -0.990. The summed E-state index contributed by atoms with van der Waals surface area (Å²) in [5.74, 6) is -0.926. The first-order valence-electron chi connectivity index (χ1n) is 12.8. The van der Waals surface area contributed by atoms with Crippen LogP contribution in [0.5, 0.6) is 0 Å². The van der Waals surface area contributed by atoms with Crippen LogP contribution in [0.1, 0.15) is 143 Å². The number of aldehydes is 2. The number of allylic oxidation sites excluding steroid dienone is 1. The molecule has 0 N–H and O–H groups in total. The van der Waals surface area contributed by atoms with Crippen LogP contribution in [0.25, 0.3) is 0 Å². The van der Waals surface area contributed by atoms with Gasteiger partial charge in [0.1, 0.15) is 6.29 Å². The summed E-state index contributed by atoms with van der Waals surface area (Å²) in [6.07, 6.45) is 26.3. The molecule has 0 saturated heterocycles. The van der Waals surface area contributed by atoms with Gasteiger partial charge in [-0.2, -0.15) is 0 Å². The number of hydrogen-bond acceptors (Lipinski definition) is 2. The molecule has 0 bridgehead atoms. The molecule has 0 aliphatic heterocycles. The summed E-state index contributed by atoms with van der Waals surface area (Å²) in [7, 11) is 0. The first-order valence-corrected chi connectivity index (χ1v) is 12.8. The summed E-state index contributed by atoms with van der Waals surface area (Å²) in [4.78, 5) is 20.8. The fraction of sp³-hybridized carbons (Fsp3) is 0.852. The van der Waals surface area contributed by atoms with Crippen molar-refractivity contribution in [2.45, 2.75) is 143 Å². The van der Waals surface area contributed by atoms with Crippen LogP contribution >= 0.6 is 0 Å². The highest BCUT2D eigenvalue weighted by molar-refractivity contribution is 5.68. The zero-order chi connectivity index (χ0) is 22.9. The molecule has 0 heterocycles. The lowest BCUT2D eigenvalue weighted by atomic mass is 9.75. The van der Waals surface area contributed by atoms with Crippen LogP contribution in [0.2, 0.25) is 0 Å². The Kier molecular flexibility index (Phi) is 25.3. The van der Waals surface area contributed by atoms with Gasteiger partial charge in [-0.15, -0.1) is 0 Å². The number of hydrogen-bond donors (Lipinski definition) is 0. The van der Waals surface area contributed by atoms with Crippen molar-refractivity contribution in [3.8, 4) is 0 Å². The summed E-state index contributed by atoms with van der Waals surface area (Å²) in [6, 6.07) is 0. The molecule has 0 aromatic carbocycles. The van der Waals surface area contributed by atoms with Crippen LogP contribution in [0.15, 0.2) is 12.4 Å². The molecule has 0 aromatic rings. The SMILES string of the molecule is C=C(F)C=O.CCCCCCCCCCCCCCC(C=O)(CCCC)CCCC. The first-order chi connectivity index (χ1) is 14.5. The molecule has 0 amide bonds. The van der Waals surface area contributed by atoms with Gasteiger partial charge in [-0.1, -0.05) is 130 Å². The number of unbranched alkanes of at least 4 members (excludes halogenated alkanes) is 13. The zero-order valence-corrected chi connectivity index (χ0v) is 20.5. The van der Waals surface area contributed by atoms with Gasteiger partial charge in [-0.3, -0.25) is 4.79 Å². The van der Waals surface area contributed by atoms with Crippen molar-refractivity contribution in [2.75, 3.05) is 0 Å². The first kappa shape index (κ1) is 31.2. The number of carbonyl (C=O) groups excluding carboxylic acids is 2. The van der Waals surface area contributed by atoms with Crippen LogP contribution in [-0.2, 0) is 9.59 Å². The van der Waals surface area contributed by atoms with Crippen LogP contribution in [0, 0.1) is 5.41 Å². The van der Waals surface area contributed by atoms with Gasteiger partial charge in [0.25, 0.3) is 0 Å². The van der Waals surface area contributed by atoms with Gasteiger partial charge in [-0.25, -0.2) is 4.39 Å². The quantitative estimate of drug-likeness (QED) is 0.104. The number of carbonyl (C=O) groups is 2. The van der Waals surface area contributed by atoms with E-state index in [1.807, 2.05) is 0 Å². The van der Waals surface area contributed by atoms with Crippen molar-refractivity contribution in [2.24, 2.45) is 5.41 Å². The molecular formula is C27H51FO2. The molecule has 0 atom stereocenters. The van der Waals surface area contributed by atoms with Crippen molar-refractivity contribution < 1.29 is 14.0 Å². The minimum Gasteiger partial charge on any atom is -0.303 e. The maximum absolute atomic E-state index is 11.8. The molecule has 0 aliphatic rings. The van der Waals surface area contributed by atoms with E-state index in [0.29, 0.717) is 0 Å². The van der Waals surface area contributed by atoms with Crippen molar-refractivity contribution in [1.29, 1.82) is 0 Å². The van der Waals surface area contributed by atoms with Crippen molar-refractivity contribution in [3.05, 3.63) is 12.4 Å². The van der Waals surface area contributed by atoms with E-state index in [1.165, 1.54) is 109 Å². The Bertz CT molecular complexity index is 384. The average molecular weight is 427 g/mol. The van der Waals surface area contributed by atoms with Crippen molar-refractivity contribution in [1.82, 2.24) is 0 Å². The predicted molar refractivity (Wildman–Crippen MR) is 130 cm³/mol. The van der Waals surface area contributed by atoms with E-state index in [2.05, 4.69) is 27.4 Å². The van der Waals surface area contributed by atoms with Crippen LogP contribution in [0.4, 0.5) is 4.39 Å². The minimum absolute atomic E-state index is 0.00447. The van der Waals surface area contributed by atoms with Crippen LogP contribution in [0.3, 0.4) is 0 Å². The molecule has 30 heavy (non-hydrogen) atoms. The van der Waals surface area contributed by atoms with Gasteiger partial charge in [0.2, 0.25) is 0 Å². The summed E-state index contributed by atoms with van der Waals surface area (Å²) in [5.41, 5.74) is 0.00447. The molecule has 0 rings (SSSR count). The summed E-state index contributed by atoms with van der Waals surface area (Å²) < 4.78 is 10.9. The average Bonchev–Trinajstić information content (AvgIpc) is 2.76. The van der Waals surface area contributed by atoms with E-state index in [9.17, 15) is 9.18 Å². The lowest BCUT2D eigenvalue weighted by molar-refractivity contribution is -0.117. The second-order valence-electron chi connectivity index (χ2n) is 8.89. The highest BCUT2D eigenvalue weighted by Crippen LogP contribution is 2.34. The van der Waals surface area contributed by atoms with Crippen molar-refractivity contribution >= 4 is 12.6 Å². The summed E-state index contributed by atoms with van der Waals surface area (Å²) in [6.45, 7) is 9.39. The van der Waals surface area contributed by atoms with Crippen molar-refractivity contribution in [3.63, 3.8) is 0 Å². The van der Waals surface area contributed by atoms with Gasteiger partial charge in [-0.05, 0) is 19.3 Å². The minimum atomic E-state index is -0.926. The molecule has 0 radical (unpaired) electrons. The van der Waals surface area contributed by atoms with Crippen LogP contribution in [-0.4, -0.2) is 12.6 Å². The van der Waals surface area contributed by atoms with E-state index in [1.54, 1.807) is 0 Å². The summed E-state index contributed by atoms with van der Waals surface area (Å²) in [5, 5.41) is 0. The van der Waals surface area contributed by atoms with Gasteiger partial charge in [0.05, 0.1) is 0 Å². The fourth-order valence-corrected chi connectivity index (χ4v) is 3.93. The molecule has 0 fully saturated rings. The third kappa shape index (κ3) is 21.7. The van der Waals surface area contributed by atoms with E-state index in [4.69, 9.17) is 4.79 Å². The molecule has 3 heteroatoms. The molecular weight excluding hydrogens is 375 g/mol. The van der Waals surface area contributed by atoms with E-state index >= 15 is 0 Å². The molecule has 0 aromatic heterocycles. The topological polar surface area (TPSA) is 34.1 Å². The number of rotatable bonds is 21. The molecule has 0 aliphatic carbocycles. The number of halogens is 1. The second kappa shape index (κ2) is 24.3. The highest BCUT2D eigenvalue weighted by Gasteiger charge is 2.27. The molecule has 178 valence electrons. The van der Waals surface area contributed by atoms with E-state index in [-0.39, 0.29) is 11.7 Å². The largest absolute Gasteiger partial charge is 0.303 e. The fourth-order valence-electron chi connectivity index (χ4n) is 3.93. The second-order valence-corrected chi connectivity index (χ2v) is 8.89. The van der Waals surface area contributed by atoms with Crippen LogP contribution < -0.4 is 0 Å². The van der Waals surface area contributed by atoms with Gasteiger partial charge >= 0.3 is 0 Å². The third-order valence-corrected chi connectivity index (χ3v) is 5.96. The van der Waals surface area contributed by atoms with E-state index in [0.717, 1.165) is 19.3 Å². The summed E-state index contributed by atoms with van der Waals surface area (Å²) >= 11 is 0. The normalized spacial score (nSPS) is 10.9. The monoisotopic (exact) mass is 426 g/mol. The molecule has 0 saturated carbocycles. The Morgan fingerprint density at radius 1 is 0.633 bits per heavy atom. The van der Waals surface area contributed by atoms with E-state index < -0.39 is 5.83 Å². The maximum Gasteiger partial charge on any atom is 0.177 e. The highest BCUT2D eigenvalue weighted by atomic mass is 19.1. The molecule has 0 unspecified atom stereocenters. The Morgan fingerprint density at radius 3 is 1.23 bits per heavy atom. The Labute approximate surface area is 187 Å². The Balaban J connectivity index is 0.